The van der Waals surface area contributed by atoms with Crippen molar-refractivity contribution in [2.75, 3.05) is 0 Å². The van der Waals surface area contributed by atoms with Crippen LogP contribution in [0.1, 0.15) is 11.4 Å². The molecule has 3 aromatic rings. The summed E-state index contributed by atoms with van der Waals surface area (Å²) in [7, 11) is 0. The molecule has 1 aromatic heterocycles. The van der Waals surface area contributed by atoms with Crippen molar-refractivity contribution >= 4 is 38.6 Å². The minimum Gasteiger partial charge on any atom is -0.323 e. The number of fused-ring (bicyclic) bond motifs is 1. The summed E-state index contributed by atoms with van der Waals surface area (Å²) in [6.45, 7) is 4.66. The Morgan fingerprint density at radius 3 is 2.57 bits per heavy atom. The van der Waals surface area contributed by atoms with Gasteiger partial charge in [0.1, 0.15) is 5.82 Å². The molecule has 0 N–H and O–H groups in total. The van der Waals surface area contributed by atoms with Crippen molar-refractivity contribution in [3.8, 4) is 0 Å². The Morgan fingerprint density at radius 1 is 1.14 bits per heavy atom. The SMILES string of the molecule is C=C(Br)Cn1c(Cc2ccc(Cl)cc2)nc2ccccc21. The summed E-state index contributed by atoms with van der Waals surface area (Å²) in [5.41, 5.74) is 3.33. The third-order valence-corrected chi connectivity index (χ3v) is 3.84. The first kappa shape index (κ1) is 14.4. The van der Waals surface area contributed by atoms with Crippen LogP contribution in [0.2, 0.25) is 5.02 Å². The highest BCUT2D eigenvalue weighted by molar-refractivity contribution is 9.11. The Hall–Kier alpha value is -1.58. The summed E-state index contributed by atoms with van der Waals surface area (Å²) in [6.07, 6.45) is 0.770. The quantitative estimate of drug-likeness (QED) is 0.625. The van der Waals surface area contributed by atoms with Crippen LogP contribution in [-0.4, -0.2) is 9.55 Å². The molecule has 0 unspecified atom stereocenters. The minimum absolute atomic E-state index is 0.712. The lowest BCUT2D eigenvalue weighted by atomic mass is 10.1. The highest BCUT2D eigenvalue weighted by Crippen LogP contribution is 2.21. The first-order valence-corrected chi connectivity index (χ1v) is 7.82. The predicted octanol–water partition coefficient (Wildman–Crippen LogP) is 5.19. The van der Waals surface area contributed by atoms with Crippen LogP contribution in [0.15, 0.2) is 59.6 Å². The second-order valence-corrected chi connectivity index (χ2v) is 6.48. The van der Waals surface area contributed by atoms with Crippen LogP contribution in [0, 0.1) is 0 Å². The van der Waals surface area contributed by atoms with E-state index in [9.17, 15) is 0 Å². The van der Waals surface area contributed by atoms with Crippen molar-refractivity contribution in [2.45, 2.75) is 13.0 Å². The maximum absolute atomic E-state index is 5.94. The molecular weight excluding hydrogens is 348 g/mol. The highest BCUT2D eigenvalue weighted by Gasteiger charge is 2.11. The normalized spacial score (nSPS) is 11.0. The number of halogens is 2. The largest absolute Gasteiger partial charge is 0.323 e. The number of para-hydroxylation sites is 2. The number of benzene rings is 2. The van der Waals surface area contributed by atoms with Crippen LogP contribution >= 0.6 is 27.5 Å². The summed E-state index contributed by atoms with van der Waals surface area (Å²) >= 11 is 9.39. The molecule has 0 bridgehead atoms. The fourth-order valence-corrected chi connectivity index (χ4v) is 2.77. The Balaban J connectivity index is 2.04. The molecule has 0 aliphatic heterocycles. The van der Waals surface area contributed by atoms with Crippen LogP contribution in [-0.2, 0) is 13.0 Å². The van der Waals surface area contributed by atoms with Gasteiger partial charge in [-0.05, 0) is 29.8 Å². The van der Waals surface area contributed by atoms with Crippen molar-refractivity contribution in [3.63, 3.8) is 0 Å². The minimum atomic E-state index is 0.712. The van der Waals surface area contributed by atoms with Crippen molar-refractivity contribution in [3.05, 3.63) is 76.0 Å². The Bertz CT molecular complexity index is 790. The summed E-state index contributed by atoms with van der Waals surface area (Å²) in [5.74, 6) is 1.03. The summed E-state index contributed by atoms with van der Waals surface area (Å²) in [6, 6.07) is 16.1. The van der Waals surface area contributed by atoms with E-state index in [1.165, 1.54) is 5.56 Å². The van der Waals surface area contributed by atoms with E-state index < -0.39 is 0 Å². The third-order valence-electron chi connectivity index (χ3n) is 3.34. The maximum atomic E-state index is 5.94. The molecule has 4 heteroatoms. The molecule has 0 radical (unpaired) electrons. The van der Waals surface area contributed by atoms with Gasteiger partial charge in [-0.25, -0.2) is 4.98 Å². The second kappa shape index (κ2) is 6.04. The zero-order valence-electron chi connectivity index (χ0n) is 11.4. The van der Waals surface area contributed by atoms with Gasteiger partial charge in [0.15, 0.2) is 0 Å². The van der Waals surface area contributed by atoms with E-state index in [-0.39, 0.29) is 0 Å². The lowest BCUT2D eigenvalue weighted by Gasteiger charge is -2.08. The average Bonchev–Trinajstić information content (AvgIpc) is 2.79. The summed E-state index contributed by atoms with van der Waals surface area (Å²) in [4.78, 5) is 4.75. The van der Waals surface area contributed by atoms with Gasteiger partial charge in [0.05, 0.1) is 17.6 Å². The third kappa shape index (κ3) is 3.20. The van der Waals surface area contributed by atoms with Gasteiger partial charge in [-0.2, -0.15) is 0 Å². The van der Waals surface area contributed by atoms with Crippen molar-refractivity contribution in [2.24, 2.45) is 0 Å². The van der Waals surface area contributed by atoms with Crippen molar-refractivity contribution < 1.29 is 0 Å². The molecular formula is C17H14BrClN2. The lowest BCUT2D eigenvalue weighted by Crippen LogP contribution is -2.04. The first-order chi connectivity index (χ1) is 10.1. The fraction of sp³-hybridized carbons (Fsp3) is 0.118. The molecule has 0 atom stereocenters. The smallest absolute Gasteiger partial charge is 0.114 e. The first-order valence-electron chi connectivity index (χ1n) is 6.65. The van der Waals surface area contributed by atoms with E-state index in [1.807, 2.05) is 42.5 Å². The van der Waals surface area contributed by atoms with Gasteiger partial charge in [0, 0.05) is 15.9 Å². The van der Waals surface area contributed by atoms with Gasteiger partial charge >= 0.3 is 0 Å². The molecule has 0 aliphatic rings. The number of rotatable bonds is 4. The van der Waals surface area contributed by atoms with Gasteiger partial charge < -0.3 is 4.57 Å². The fourth-order valence-electron chi connectivity index (χ4n) is 2.39. The molecule has 0 saturated heterocycles. The number of imidazole rings is 1. The Kier molecular flexibility index (Phi) is 4.13. The van der Waals surface area contributed by atoms with E-state index in [4.69, 9.17) is 16.6 Å². The van der Waals surface area contributed by atoms with Gasteiger partial charge in [-0.1, -0.05) is 58.4 Å². The van der Waals surface area contributed by atoms with Gasteiger partial charge in [-0.15, -0.1) is 0 Å². The van der Waals surface area contributed by atoms with Crippen LogP contribution in [0.4, 0.5) is 0 Å². The number of hydrogen-bond donors (Lipinski definition) is 0. The molecule has 3 rings (SSSR count). The van der Waals surface area contributed by atoms with Crippen LogP contribution in [0.5, 0.6) is 0 Å². The standard InChI is InChI=1S/C17H14BrClN2/c1-12(18)11-21-16-5-3-2-4-15(16)20-17(21)10-13-6-8-14(19)9-7-13/h2-9H,1,10-11H2. The van der Waals surface area contributed by atoms with Gasteiger partial charge in [0.25, 0.3) is 0 Å². The zero-order chi connectivity index (χ0) is 14.8. The van der Waals surface area contributed by atoms with E-state index in [2.05, 4.69) is 33.1 Å². The molecule has 21 heavy (non-hydrogen) atoms. The Labute approximate surface area is 137 Å². The molecule has 2 aromatic carbocycles. The molecule has 0 aliphatic carbocycles. The van der Waals surface area contributed by atoms with Gasteiger partial charge in [-0.3, -0.25) is 0 Å². The Morgan fingerprint density at radius 2 is 1.86 bits per heavy atom. The molecule has 106 valence electrons. The maximum Gasteiger partial charge on any atom is 0.114 e. The van der Waals surface area contributed by atoms with Crippen LogP contribution in [0.3, 0.4) is 0 Å². The van der Waals surface area contributed by atoms with E-state index in [1.54, 1.807) is 0 Å². The number of aromatic nitrogens is 2. The molecule has 2 nitrogen and oxygen atoms in total. The average molecular weight is 362 g/mol. The number of hydrogen-bond acceptors (Lipinski definition) is 1. The van der Waals surface area contributed by atoms with E-state index >= 15 is 0 Å². The van der Waals surface area contributed by atoms with Crippen LogP contribution in [0.25, 0.3) is 11.0 Å². The van der Waals surface area contributed by atoms with Crippen LogP contribution < -0.4 is 0 Å². The summed E-state index contributed by atoms with van der Waals surface area (Å²) < 4.78 is 3.13. The van der Waals surface area contributed by atoms with Gasteiger partial charge in [0.2, 0.25) is 0 Å². The number of allylic oxidation sites excluding steroid dienone is 1. The lowest BCUT2D eigenvalue weighted by molar-refractivity contribution is 0.776. The monoisotopic (exact) mass is 360 g/mol. The molecule has 0 fully saturated rings. The molecule has 0 amide bonds. The zero-order valence-corrected chi connectivity index (χ0v) is 13.7. The topological polar surface area (TPSA) is 17.8 Å². The molecule has 0 saturated carbocycles. The van der Waals surface area contributed by atoms with Crippen molar-refractivity contribution in [1.82, 2.24) is 9.55 Å². The highest BCUT2D eigenvalue weighted by atomic mass is 79.9. The molecule has 1 heterocycles. The second-order valence-electron chi connectivity index (χ2n) is 4.92. The van der Waals surface area contributed by atoms with E-state index in [0.29, 0.717) is 6.54 Å². The molecule has 0 spiro atoms. The van der Waals surface area contributed by atoms with Crippen molar-refractivity contribution in [1.29, 1.82) is 0 Å². The number of nitrogens with zero attached hydrogens (tertiary/aromatic N) is 2. The predicted molar refractivity (Wildman–Crippen MR) is 92.1 cm³/mol. The summed E-state index contributed by atoms with van der Waals surface area (Å²) in [5, 5.41) is 0.751. The van der Waals surface area contributed by atoms with E-state index in [0.717, 1.165) is 32.8 Å².